The second kappa shape index (κ2) is 14.1. The third-order valence-corrected chi connectivity index (χ3v) is 0.798. The van der Waals surface area contributed by atoms with Crippen molar-refractivity contribution >= 4 is 76.7 Å². The van der Waals surface area contributed by atoms with Gasteiger partial charge in [-0.2, -0.15) is 0 Å². The molecule has 0 aliphatic carbocycles. The standard InChI is InChI=1S/C3H5O2.3BF4.K/c1-3(4)5-2;3*2-1(3,4)5;/h2H2,1H3;;;;/q;3*-1;. The first kappa shape index (κ1) is 29.5. The molecule has 2 nitrogen and oxygen atoms in total. The van der Waals surface area contributed by atoms with Crippen molar-refractivity contribution in [2.24, 2.45) is 0 Å². The Kier molecular flexibility index (Phi) is 19.8. The predicted molar refractivity (Wildman–Crippen MR) is 52.9 cm³/mol. The number of ether oxygens (including phenoxy) is 1. The summed E-state index contributed by atoms with van der Waals surface area (Å²) in [7, 11) is -18.0. The van der Waals surface area contributed by atoms with E-state index in [1.807, 2.05) is 0 Å². The Bertz CT molecular complexity index is 203. The van der Waals surface area contributed by atoms with Gasteiger partial charge >= 0.3 is 93.8 Å². The summed E-state index contributed by atoms with van der Waals surface area (Å²) in [5.41, 5.74) is 0. The third kappa shape index (κ3) is 582. The third-order valence-electron chi connectivity index (χ3n) is 0.348. The van der Waals surface area contributed by atoms with Crippen LogP contribution in [0.2, 0.25) is 0 Å². The smallest absolute Gasteiger partial charge is 0.418 e. The van der Waals surface area contributed by atoms with Crippen LogP contribution in [0.3, 0.4) is 0 Å². The van der Waals surface area contributed by atoms with Crippen LogP contribution in [-0.4, -0.2) is 77.4 Å². The summed E-state index contributed by atoms with van der Waals surface area (Å²) in [5, 5.41) is 0. The first-order chi connectivity index (χ1) is 8.77. The van der Waals surface area contributed by atoms with E-state index in [9.17, 15) is 56.6 Å². The number of carbonyl (C=O) groups excluding carboxylic acids is 1. The van der Waals surface area contributed by atoms with E-state index in [0.717, 1.165) is 0 Å². The van der Waals surface area contributed by atoms with Crippen molar-refractivity contribution in [3.05, 3.63) is 0 Å². The molecule has 0 aromatic heterocycles. The van der Waals surface area contributed by atoms with E-state index < -0.39 is 21.8 Å². The molecule has 126 valence electrons. The van der Waals surface area contributed by atoms with Gasteiger partial charge in [-0.1, -0.05) is 0 Å². The van der Waals surface area contributed by atoms with Crippen LogP contribution >= 0.6 is 0 Å². The van der Waals surface area contributed by atoms with Gasteiger partial charge in [0.05, 0.1) is 0 Å². The van der Waals surface area contributed by atoms with Crippen molar-refractivity contribution in [3.8, 4) is 0 Å². The minimum absolute atomic E-state index is 0.164. The Labute approximate surface area is 144 Å². The number of rotatable bonds is 1. The fourth-order valence-electron chi connectivity index (χ4n) is 0.203. The molecule has 0 atom stereocenters. The molecule has 0 saturated heterocycles. The molecular formula is C3H5B3F12KO2-3. The van der Waals surface area contributed by atoms with E-state index in [0.29, 0.717) is 49.7 Å². The molecule has 0 aromatic carbocycles. The molecule has 0 aromatic rings. The monoisotopic (exact) mass is 373 g/mol. The second-order valence-corrected chi connectivity index (χ2v) is 3.31. The maximum atomic E-state index is 9.85. The number of halogens is 12. The Morgan fingerprint density at radius 1 is 0.762 bits per heavy atom. The predicted octanol–water partition coefficient (Wildman–Crippen LogP) is 3.58. The van der Waals surface area contributed by atoms with Gasteiger partial charge in [0.15, 0.2) is 0 Å². The molecule has 0 unspecified atom stereocenters. The molecule has 0 N–H and O–H groups in total. The van der Waals surface area contributed by atoms with E-state index in [1.54, 1.807) is 0 Å². The zero-order valence-electron chi connectivity index (χ0n) is 10.3. The fourth-order valence-corrected chi connectivity index (χ4v) is 0.838. The SMILES string of the molecule is CC(=O)O[CH2][K].F[B-](F)(F)F.F[B-](F)(F)F.F[B-](F)(F)F. The molecule has 0 bridgehead atoms. The first-order valence-electron chi connectivity index (χ1n) is 4.52. The topological polar surface area (TPSA) is 26.3 Å². The Morgan fingerprint density at radius 2 is 0.905 bits per heavy atom. The zero-order valence-corrected chi connectivity index (χ0v) is 13.4. The van der Waals surface area contributed by atoms with Crippen molar-refractivity contribution in [3.63, 3.8) is 0 Å². The van der Waals surface area contributed by atoms with Gasteiger partial charge in [0, 0.05) is 0 Å². The van der Waals surface area contributed by atoms with Gasteiger partial charge in [-0.05, 0) is 0 Å². The van der Waals surface area contributed by atoms with E-state index in [4.69, 9.17) is 0 Å². The van der Waals surface area contributed by atoms with Crippen LogP contribution in [0.15, 0.2) is 0 Å². The second-order valence-electron chi connectivity index (χ2n) is 2.41. The Balaban J connectivity index is -0.0000000921. The quantitative estimate of drug-likeness (QED) is 0.400. The van der Waals surface area contributed by atoms with Gasteiger partial charge in [0.2, 0.25) is 0 Å². The molecule has 18 heteroatoms. The number of hydrogen-bond acceptors (Lipinski definition) is 2. The molecule has 0 radical (unpaired) electrons. The Morgan fingerprint density at radius 3 is 0.905 bits per heavy atom. The first-order valence-corrected chi connectivity index (χ1v) is 6.73. The van der Waals surface area contributed by atoms with Crippen LogP contribution in [0.25, 0.3) is 0 Å². The van der Waals surface area contributed by atoms with Crippen molar-refractivity contribution in [1.29, 1.82) is 0 Å². The van der Waals surface area contributed by atoms with Crippen molar-refractivity contribution in [2.75, 3.05) is 0.701 Å². The normalized spacial score (nSPS) is 10.8. The summed E-state index contributed by atoms with van der Waals surface area (Å²) in [6, 6.07) is 0. The number of carbonyl (C=O) groups is 1. The average molecular weight is 373 g/mol. The van der Waals surface area contributed by atoms with Crippen molar-refractivity contribution < 1.29 is 61.3 Å². The molecule has 0 saturated carbocycles. The summed E-state index contributed by atoms with van der Waals surface area (Å²) in [6.07, 6.45) is 0. The fraction of sp³-hybridized carbons (Fsp3) is 0.667. The molecule has 21 heavy (non-hydrogen) atoms. The molecule has 0 aliphatic rings. The van der Waals surface area contributed by atoms with E-state index in [1.165, 1.54) is 6.92 Å². The molecule has 0 spiro atoms. The van der Waals surface area contributed by atoms with E-state index in [2.05, 4.69) is 4.74 Å². The van der Waals surface area contributed by atoms with Gasteiger partial charge in [0.1, 0.15) is 0 Å². The maximum Gasteiger partial charge on any atom is 0.673 e. The summed E-state index contributed by atoms with van der Waals surface area (Å²) in [5.74, 6) is -0.164. The molecule has 0 fully saturated rings. The average Bonchev–Trinajstić information content (AvgIpc) is 1.91. The minimum Gasteiger partial charge on any atom is -0.418 e. The zero-order chi connectivity index (χ0) is 18.5. The van der Waals surface area contributed by atoms with E-state index in [-0.39, 0.29) is 5.97 Å². The van der Waals surface area contributed by atoms with Gasteiger partial charge in [-0.25, -0.2) is 0 Å². The molecule has 0 heterocycles. The van der Waals surface area contributed by atoms with Crippen LogP contribution in [0, 0.1) is 0 Å². The van der Waals surface area contributed by atoms with Crippen LogP contribution in [0.1, 0.15) is 6.92 Å². The maximum absolute atomic E-state index is 9.85. The molecule has 0 aliphatic heterocycles. The number of hydrogen-bond donors (Lipinski definition) is 0. The van der Waals surface area contributed by atoms with Gasteiger partial charge < -0.3 is 51.8 Å². The van der Waals surface area contributed by atoms with Gasteiger partial charge in [0.25, 0.3) is 0 Å². The largest absolute Gasteiger partial charge is 0.673 e. The van der Waals surface area contributed by atoms with Crippen LogP contribution < -0.4 is 0 Å². The minimum atomic E-state index is -6.00. The van der Waals surface area contributed by atoms with Crippen LogP contribution in [0.4, 0.5) is 51.8 Å². The summed E-state index contributed by atoms with van der Waals surface area (Å²) < 4.78 is 122. The van der Waals surface area contributed by atoms with Crippen molar-refractivity contribution in [2.45, 2.75) is 6.92 Å². The van der Waals surface area contributed by atoms with Crippen molar-refractivity contribution in [1.82, 2.24) is 0 Å². The van der Waals surface area contributed by atoms with Crippen LogP contribution in [0.5, 0.6) is 0 Å². The summed E-state index contributed by atoms with van der Waals surface area (Å²) in [6.45, 7) is 1.42. The van der Waals surface area contributed by atoms with Gasteiger partial charge in [-0.3, -0.25) is 0 Å². The summed E-state index contributed by atoms with van der Waals surface area (Å²) in [4.78, 5) is 9.85. The Hall–Kier alpha value is 0.461. The van der Waals surface area contributed by atoms with E-state index >= 15 is 0 Å². The van der Waals surface area contributed by atoms with Crippen LogP contribution in [-0.2, 0) is 9.53 Å². The molecular weight excluding hydrogens is 368 g/mol. The van der Waals surface area contributed by atoms with Gasteiger partial charge in [-0.15, -0.1) is 0 Å². The molecule has 0 amide bonds. The number of esters is 1. The molecule has 0 rings (SSSR count). The summed E-state index contributed by atoms with van der Waals surface area (Å²) >= 11 is 0.651.